The van der Waals surface area contributed by atoms with Crippen LogP contribution in [0.15, 0.2) is 47.4 Å². The van der Waals surface area contributed by atoms with E-state index in [2.05, 4.69) is 10.2 Å². The van der Waals surface area contributed by atoms with E-state index in [9.17, 15) is 13.2 Å². The molecule has 0 atom stereocenters. The van der Waals surface area contributed by atoms with Crippen LogP contribution in [0.3, 0.4) is 0 Å². The fraction of sp³-hybridized carbons (Fsp3) is 0.222. The maximum absolute atomic E-state index is 12.1. The molecular formula is C18H18N4O3S. The molecule has 7 nitrogen and oxygen atoms in total. The van der Waals surface area contributed by atoms with Gasteiger partial charge >= 0.3 is 0 Å². The monoisotopic (exact) mass is 370 g/mol. The Hall–Kier alpha value is -2.89. The summed E-state index contributed by atoms with van der Waals surface area (Å²) in [5.74, 6) is -0.121. The minimum absolute atomic E-state index is 0.108. The van der Waals surface area contributed by atoms with E-state index >= 15 is 0 Å². The number of nitrogens with one attached hydrogen (secondary N) is 1. The summed E-state index contributed by atoms with van der Waals surface area (Å²) in [5, 5.41) is 16.7. The summed E-state index contributed by atoms with van der Waals surface area (Å²) >= 11 is 0. The van der Waals surface area contributed by atoms with Crippen LogP contribution in [0.5, 0.6) is 0 Å². The topological polar surface area (TPSA) is 116 Å². The number of carbonyl (C=O) groups excluding carboxylic acids is 1. The highest BCUT2D eigenvalue weighted by atomic mass is 32.2. The van der Waals surface area contributed by atoms with E-state index in [1.54, 1.807) is 36.4 Å². The molecule has 1 aliphatic rings. The molecule has 0 spiro atoms. The van der Waals surface area contributed by atoms with Gasteiger partial charge in [-0.3, -0.25) is 4.79 Å². The van der Waals surface area contributed by atoms with E-state index in [1.807, 2.05) is 6.07 Å². The predicted molar refractivity (Wildman–Crippen MR) is 98.1 cm³/mol. The lowest BCUT2D eigenvalue weighted by atomic mass is 10.2. The quantitative estimate of drug-likeness (QED) is 0.829. The van der Waals surface area contributed by atoms with Crippen molar-refractivity contribution < 1.29 is 13.2 Å². The van der Waals surface area contributed by atoms with Gasteiger partial charge in [0, 0.05) is 30.9 Å². The molecule has 0 radical (unpaired) electrons. The average Bonchev–Trinajstić information content (AvgIpc) is 3.02. The maximum atomic E-state index is 12.1. The smallest absolute Gasteiger partial charge is 0.238 e. The van der Waals surface area contributed by atoms with Gasteiger partial charge < -0.3 is 10.2 Å². The average molecular weight is 370 g/mol. The first kappa shape index (κ1) is 17.9. The molecule has 0 saturated carbocycles. The molecule has 134 valence electrons. The third kappa shape index (κ3) is 4.02. The van der Waals surface area contributed by atoms with Crippen molar-refractivity contribution in [3.8, 4) is 6.07 Å². The number of primary sulfonamides is 1. The third-order valence-corrected chi connectivity index (χ3v) is 5.19. The van der Waals surface area contributed by atoms with Crippen molar-refractivity contribution in [2.45, 2.75) is 17.7 Å². The zero-order chi connectivity index (χ0) is 18.7. The number of nitriles is 1. The highest BCUT2D eigenvalue weighted by molar-refractivity contribution is 7.89. The Morgan fingerprint density at radius 1 is 1.23 bits per heavy atom. The second-order valence-electron chi connectivity index (χ2n) is 6.06. The molecule has 0 aromatic heterocycles. The number of hydrogen-bond donors (Lipinski definition) is 2. The number of sulfonamides is 1. The lowest BCUT2D eigenvalue weighted by Crippen LogP contribution is -2.26. The Morgan fingerprint density at radius 3 is 2.62 bits per heavy atom. The number of nitrogens with two attached hydrogens (primary N) is 1. The number of fused-ring (bicyclic) bond motifs is 1. The van der Waals surface area contributed by atoms with Crippen LogP contribution >= 0.6 is 0 Å². The molecule has 2 aromatic carbocycles. The lowest BCUT2D eigenvalue weighted by Gasteiger charge is -2.19. The van der Waals surface area contributed by atoms with Crippen LogP contribution in [0.25, 0.3) is 0 Å². The standard InChI is InChI=1S/C18H18N4O3S/c19-12-13-1-3-15(4-2-13)21-18(23)8-10-22-9-7-14-11-16(26(20,24)25)5-6-17(14)22/h1-6,11H,7-10H2,(H,21,23)(H2,20,24,25). The SMILES string of the molecule is N#Cc1ccc(NC(=O)CCN2CCc3cc(S(N)(=O)=O)ccc32)cc1. The Balaban J connectivity index is 1.59. The van der Waals surface area contributed by atoms with Crippen molar-refractivity contribution in [1.82, 2.24) is 0 Å². The molecule has 1 aliphatic heterocycles. The summed E-state index contributed by atoms with van der Waals surface area (Å²) in [6, 6.07) is 13.5. The van der Waals surface area contributed by atoms with Crippen molar-refractivity contribution in [1.29, 1.82) is 5.26 Å². The number of rotatable bonds is 5. The summed E-state index contributed by atoms with van der Waals surface area (Å²) < 4.78 is 22.9. The molecule has 8 heteroatoms. The van der Waals surface area contributed by atoms with E-state index in [1.165, 1.54) is 6.07 Å². The first-order chi connectivity index (χ1) is 12.4. The molecule has 3 rings (SSSR count). The van der Waals surface area contributed by atoms with Gasteiger partial charge in [0.1, 0.15) is 0 Å². The van der Waals surface area contributed by atoms with Crippen LogP contribution in [0, 0.1) is 11.3 Å². The largest absolute Gasteiger partial charge is 0.370 e. The Bertz CT molecular complexity index is 978. The van der Waals surface area contributed by atoms with Crippen molar-refractivity contribution in [2.24, 2.45) is 5.14 Å². The van der Waals surface area contributed by atoms with Crippen LogP contribution < -0.4 is 15.4 Å². The van der Waals surface area contributed by atoms with Gasteiger partial charge in [0.2, 0.25) is 15.9 Å². The summed E-state index contributed by atoms with van der Waals surface area (Å²) in [6.45, 7) is 1.26. The van der Waals surface area contributed by atoms with Crippen LogP contribution in [0.1, 0.15) is 17.5 Å². The molecule has 0 bridgehead atoms. The number of hydrogen-bond acceptors (Lipinski definition) is 5. The van der Waals surface area contributed by atoms with Gasteiger partial charge in [-0.05, 0) is 54.4 Å². The van der Waals surface area contributed by atoms with E-state index in [0.29, 0.717) is 24.2 Å². The number of benzene rings is 2. The summed E-state index contributed by atoms with van der Waals surface area (Å²) in [4.78, 5) is 14.3. The molecule has 0 saturated heterocycles. The molecular weight excluding hydrogens is 352 g/mol. The molecule has 3 N–H and O–H groups in total. The number of carbonyl (C=O) groups is 1. The molecule has 0 unspecified atom stereocenters. The van der Waals surface area contributed by atoms with Crippen LogP contribution in [-0.2, 0) is 21.2 Å². The van der Waals surface area contributed by atoms with Gasteiger partial charge in [-0.25, -0.2) is 13.6 Å². The van der Waals surface area contributed by atoms with Gasteiger partial charge in [-0.1, -0.05) is 0 Å². The Labute approximate surface area is 152 Å². The van der Waals surface area contributed by atoms with E-state index in [4.69, 9.17) is 10.4 Å². The molecule has 0 fully saturated rings. The van der Waals surface area contributed by atoms with Crippen LogP contribution in [-0.4, -0.2) is 27.4 Å². The molecule has 2 aromatic rings. The summed E-state index contributed by atoms with van der Waals surface area (Å²) in [6.07, 6.45) is 1.02. The van der Waals surface area contributed by atoms with Gasteiger partial charge in [-0.2, -0.15) is 5.26 Å². The fourth-order valence-electron chi connectivity index (χ4n) is 2.94. The van der Waals surface area contributed by atoms with Gasteiger partial charge in [0.15, 0.2) is 0 Å². The fourth-order valence-corrected chi connectivity index (χ4v) is 3.51. The third-order valence-electron chi connectivity index (χ3n) is 4.28. The van der Waals surface area contributed by atoms with Crippen molar-refractivity contribution in [3.05, 3.63) is 53.6 Å². The molecule has 26 heavy (non-hydrogen) atoms. The highest BCUT2D eigenvalue weighted by Gasteiger charge is 2.21. The van der Waals surface area contributed by atoms with Crippen molar-refractivity contribution in [2.75, 3.05) is 23.3 Å². The summed E-state index contributed by atoms with van der Waals surface area (Å²) in [5.41, 5.74) is 3.04. The van der Waals surface area contributed by atoms with E-state index in [0.717, 1.165) is 24.2 Å². The zero-order valence-electron chi connectivity index (χ0n) is 14.0. The first-order valence-electron chi connectivity index (χ1n) is 8.07. The van der Waals surface area contributed by atoms with E-state index in [-0.39, 0.29) is 10.8 Å². The summed E-state index contributed by atoms with van der Waals surface area (Å²) in [7, 11) is -3.71. The lowest BCUT2D eigenvalue weighted by molar-refractivity contribution is -0.116. The minimum atomic E-state index is -3.71. The Morgan fingerprint density at radius 2 is 1.96 bits per heavy atom. The van der Waals surface area contributed by atoms with Gasteiger partial charge in [0.05, 0.1) is 16.5 Å². The van der Waals surface area contributed by atoms with Gasteiger partial charge in [0.25, 0.3) is 0 Å². The zero-order valence-corrected chi connectivity index (χ0v) is 14.8. The molecule has 0 aliphatic carbocycles. The second kappa shape index (κ2) is 7.15. The second-order valence-corrected chi connectivity index (χ2v) is 7.62. The minimum Gasteiger partial charge on any atom is -0.370 e. The van der Waals surface area contributed by atoms with Crippen LogP contribution in [0.2, 0.25) is 0 Å². The predicted octanol–water partition coefficient (Wildman–Crippen LogP) is 1.60. The number of anilines is 2. The van der Waals surface area contributed by atoms with Crippen molar-refractivity contribution in [3.63, 3.8) is 0 Å². The highest BCUT2D eigenvalue weighted by Crippen LogP contribution is 2.30. The number of amides is 1. The Kier molecular flexibility index (Phi) is 4.93. The van der Waals surface area contributed by atoms with Crippen LogP contribution in [0.4, 0.5) is 11.4 Å². The maximum Gasteiger partial charge on any atom is 0.238 e. The molecule has 1 amide bonds. The molecule has 1 heterocycles. The van der Waals surface area contributed by atoms with E-state index < -0.39 is 10.0 Å². The van der Waals surface area contributed by atoms with Crippen molar-refractivity contribution >= 4 is 27.3 Å². The first-order valence-corrected chi connectivity index (χ1v) is 9.62. The normalized spacial score (nSPS) is 13.2. The number of nitrogens with zero attached hydrogens (tertiary/aromatic N) is 2. The van der Waals surface area contributed by atoms with Gasteiger partial charge in [-0.15, -0.1) is 0 Å².